The summed E-state index contributed by atoms with van der Waals surface area (Å²) in [6.07, 6.45) is 0. The van der Waals surface area contributed by atoms with Gasteiger partial charge in [-0.25, -0.2) is 0 Å². The second-order valence-corrected chi connectivity index (χ2v) is 15.1. The molecule has 1 heterocycles. The van der Waals surface area contributed by atoms with E-state index in [1.54, 1.807) is 0 Å². The third-order valence-corrected chi connectivity index (χ3v) is 11.8. The van der Waals surface area contributed by atoms with Crippen molar-refractivity contribution in [3.63, 3.8) is 0 Å². The maximum atomic E-state index is 2.50. The molecule has 0 N–H and O–H groups in total. The van der Waals surface area contributed by atoms with Crippen LogP contribution in [0, 0.1) is 0 Å². The predicted molar refractivity (Wildman–Crippen MR) is 241 cm³/mol. The molecule has 0 aliphatic rings. The molecule has 0 saturated heterocycles. The molecule has 0 aliphatic carbocycles. The molecule has 0 amide bonds. The third-order valence-electron chi connectivity index (χ3n) is 10.7. The van der Waals surface area contributed by atoms with Crippen LogP contribution in [0.2, 0.25) is 0 Å². The fourth-order valence-corrected chi connectivity index (χ4v) is 9.23. The third kappa shape index (κ3) is 6.17. The number of anilines is 3. The van der Waals surface area contributed by atoms with E-state index in [4.69, 9.17) is 0 Å². The minimum absolute atomic E-state index is 1.10. The van der Waals surface area contributed by atoms with Gasteiger partial charge in [-0.1, -0.05) is 182 Å². The highest BCUT2D eigenvalue weighted by Crippen LogP contribution is 2.51. The van der Waals surface area contributed by atoms with E-state index in [1.165, 1.54) is 75.8 Å². The molecule has 0 unspecified atom stereocenters. The van der Waals surface area contributed by atoms with Crippen LogP contribution in [0.25, 0.3) is 75.8 Å². The van der Waals surface area contributed by atoms with Crippen molar-refractivity contribution in [2.45, 2.75) is 0 Å². The Bertz CT molecular complexity index is 2950. The van der Waals surface area contributed by atoms with Crippen LogP contribution in [0.4, 0.5) is 17.1 Å². The average Bonchev–Trinajstić information content (AvgIpc) is 3.67. The number of thiophene rings is 1. The Kier molecular flexibility index (Phi) is 8.79. The molecule has 10 aromatic rings. The summed E-state index contributed by atoms with van der Waals surface area (Å²) in [7, 11) is 0. The highest BCUT2D eigenvalue weighted by atomic mass is 32.1. The zero-order valence-corrected chi connectivity index (χ0v) is 31.5. The van der Waals surface area contributed by atoms with Crippen molar-refractivity contribution in [1.29, 1.82) is 0 Å². The molecule has 1 aromatic heterocycles. The number of rotatable bonds is 8. The molecule has 2 heteroatoms. The smallest absolute Gasteiger partial charge is 0.0555 e. The molecule has 56 heavy (non-hydrogen) atoms. The van der Waals surface area contributed by atoms with Gasteiger partial charge in [-0.3, -0.25) is 0 Å². The summed E-state index contributed by atoms with van der Waals surface area (Å²) < 4.78 is 2.56. The van der Waals surface area contributed by atoms with E-state index in [1.807, 2.05) is 11.3 Å². The molecule has 0 bridgehead atoms. The zero-order chi connectivity index (χ0) is 37.3. The first-order valence-corrected chi connectivity index (χ1v) is 19.9. The fraction of sp³-hybridized carbons (Fsp3) is 0. The van der Waals surface area contributed by atoms with Crippen molar-refractivity contribution in [2.24, 2.45) is 0 Å². The Labute approximate surface area is 332 Å². The Morgan fingerprint density at radius 3 is 1.50 bits per heavy atom. The highest BCUT2D eigenvalue weighted by Gasteiger charge is 2.25. The quantitative estimate of drug-likeness (QED) is 0.150. The van der Waals surface area contributed by atoms with Gasteiger partial charge in [0.25, 0.3) is 0 Å². The lowest BCUT2D eigenvalue weighted by atomic mass is 9.87. The van der Waals surface area contributed by atoms with Crippen LogP contribution in [-0.2, 0) is 0 Å². The van der Waals surface area contributed by atoms with Crippen LogP contribution in [0.15, 0.2) is 224 Å². The summed E-state index contributed by atoms with van der Waals surface area (Å²) in [4.78, 5) is 2.50. The molecular formula is C54H37NS. The Morgan fingerprint density at radius 1 is 0.304 bits per heavy atom. The highest BCUT2D eigenvalue weighted by molar-refractivity contribution is 7.26. The zero-order valence-electron chi connectivity index (χ0n) is 30.7. The van der Waals surface area contributed by atoms with Crippen LogP contribution in [0.5, 0.6) is 0 Å². The van der Waals surface area contributed by atoms with Crippen molar-refractivity contribution in [1.82, 2.24) is 0 Å². The number of nitrogens with zero attached hydrogens (tertiary/aromatic N) is 1. The maximum Gasteiger partial charge on any atom is 0.0555 e. The molecule has 0 aliphatic heterocycles. The summed E-state index contributed by atoms with van der Waals surface area (Å²) >= 11 is 1.86. The van der Waals surface area contributed by atoms with Crippen molar-refractivity contribution < 1.29 is 0 Å². The second-order valence-electron chi connectivity index (χ2n) is 14.1. The van der Waals surface area contributed by atoms with Gasteiger partial charge in [0.05, 0.1) is 11.4 Å². The normalized spacial score (nSPS) is 11.2. The van der Waals surface area contributed by atoms with E-state index in [-0.39, 0.29) is 0 Å². The van der Waals surface area contributed by atoms with Crippen LogP contribution in [-0.4, -0.2) is 0 Å². The topological polar surface area (TPSA) is 3.24 Å². The van der Waals surface area contributed by atoms with Crippen LogP contribution >= 0.6 is 11.3 Å². The van der Waals surface area contributed by atoms with Crippen molar-refractivity contribution in [3.05, 3.63) is 224 Å². The maximum absolute atomic E-state index is 2.50. The van der Waals surface area contributed by atoms with E-state index in [2.05, 4.69) is 229 Å². The SMILES string of the molecule is c1ccc(-c2cccc(-c3ccc(N(c4cccc(-c5ccccc5)c4-c4ccccc4-c4ccccc4)c4cccc5sc6ccccc6c45)cc3)c2)cc1. The summed E-state index contributed by atoms with van der Waals surface area (Å²) in [6, 6.07) is 81.4. The first kappa shape index (κ1) is 33.6. The number of hydrogen-bond acceptors (Lipinski definition) is 2. The van der Waals surface area contributed by atoms with Crippen LogP contribution in [0.3, 0.4) is 0 Å². The first-order chi connectivity index (χ1) is 27.8. The molecule has 0 fully saturated rings. The van der Waals surface area contributed by atoms with Crippen LogP contribution in [0.1, 0.15) is 0 Å². The lowest BCUT2D eigenvalue weighted by molar-refractivity contribution is 1.30. The molecule has 0 spiro atoms. The van der Waals surface area contributed by atoms with Gasteiger partial charge in [-0.15, -0.1) is 11.3 Å². The van der Waals surface area contributed by atoms with Crippen LogP contribution < -0.4 is 4.90 Å². The van der Waals surface area contributed by atoms with E-state index < -0.39 is 0 Å². The number of hydrogen-bond donors (Lipinski definition) is 0. The van der Waals surface area contributed by atoms with Crippen molar-refractivity contribution in [3.8, 4) is 55.6 Å². The molecule has 0 atom stereocenters. The van der Waals surface area contributed by atoms with Gasteiger partial charge < -0.3 is 4.90 Å². The summed E-state index contributed by atoms with van der Waals surface area (Å²) in [6.45, 7) is 0. The summed E-state index contributed by atoms with van der Waals surface area (Å²) in [5.41, 5.74) is 15.3. The lowest BCUT2D eigenvalue weighted by Gasteiger charge is -2.30. The minimum Gasteiger partial charge on any atom is -0.309 e. The molecule has 264 valence electrons. The van der Waals surface area contributed by atoms with Gasteiger partial charge >= 0.3 is 0 Å². The Hall–Kier alpha value is -7.00. The van der Waals surface area contributed by atoms with Gasteiger partial charge in [0.15, 0.2) is 0 Å². The van der Waals surface area contributed by atoms with E-state index >= 15 is 0 Å². The largest absolute Gasteiger partial charge is 0.309 e. The average molecular weight is 732 g/mol. The lowest BCUT2D eigenvalue weighted by Crippen LogP contribution is -2.12. The van der Waals surface area contributed by atoms with E-state index in [0.717, 1.165) is 17.1 Å². The van der Waals surface area contributed by atoms with Gasteiger partial charge in [0, 0.05) is 31.4 Å². The minimum atomic E-state index is 1.10. The number of benzene rings is 9. The van der Waals surface area contributed by atoms with Gasteiger partial charge in [0.2, 0.25) is 0 Å². The molecule has 0 saturated carbocycles. The standard InChI is InChI=1S/C54H37NS/c1-4-17-38(18-5-1)42-23-14-24-43(37-42)39-33-35-44(36-34-39)55(50-30-16-32-52-54(50)48-27-12-13-31-51(48)56-52)49-29-15-28-46(41-21-8-3-9-22-41)53(49)47-26-11-10-25-45(47)40-19-6-2-7-20-40/h1-37H. The summed E-state index contributed by atoms with van der Waals surface area (Å²) in [5, 5.41) is 2.54. The van der Waals surface area contributed by atoms with E-state index in [0.29, 0.717) is 0 Å². The predicted octanol–water partition coefficient (Wildman–Crippen LogP) is 15.9. The Balaban J connectivity index is 1.23. The fourth-order valence-electron chi connectivity index (χ4n) is 8.10. The van der Waals surface area contributed by atoms with Gasteiger partial charge in [-0.05, 0) is 92.5 Å². The first-order valence-electron chi connectivity index (χ1n) is 19.1. The van der Waals surface area contributed by atoms with E-state index in [9.17, 15) is 0 Å². The van der Waals surface area contributed by atoms with Gasteiger partial charge in [-0.2, -0.15) is 0 Å². The molecule has 10 rings (SSSR count). The van der Waals surface area contributed by atoms with Crippen molar-refractivity contribution >= 4 is 48.6 Å². The van der Waals surface area contributed by atoms with Gasteiger partial charge in [0.1, 0.15) is 0 Å². The van der Waals surface area contributed by atoms with Crippen molar-refractivity contribution in [2.75, 3.05) is 4.90 Å². The molecule has 1 nitrogen and oxygen atoms in total. The second kappa shape index (κ2) is 14.7. The monoisotopic (exact) mass is 731 g/mol. The molecule has 9 aromatic carbocycles. The number of fused-ring (bicyclic) bond motifs is 3. The molecule has 0 radical (unpaired) electrons. The summed E-state index contributed by atoms with van der Waals surface area (Å²) in [5.74, 6) is 0. The molecular weight excluding hydrogens is 695 g/mol. The Morgan fingerprint density at radius 2 is 0.786 bits per heavy atom.